The number of rotatable bonds is 3. The lowest BCUT2D eigenvalue weighted by Crippen LogP contribution is -2.11. The van der Waals surface area contributed by atoms with E-state index in [1.807, 2.05) is 0 Å². The van der Waals surface area contributed by atoms with Crippen LogP contribution in [0, 0.1) is 0 Å². The molecule has 0 aromatic rings. The van der Waals surface area contributed by atoms with Gasteiger partial charge in [0.05, 0.1) is 0 Å². The van der Waals surface area contributed by atoms with E-state index in [0.29, 0.717) is 0 Å². The Morgan fingerprint density at radius 3 is 2.33 bits per heavy atom. The van der Waals surface area contributed by atoms with Crippen LogP contribution in [-0.2, 0) is 0 Å². The van der Waals surface area contributed by atoms with Gasteiger partial charge >= 0.3 is 5.51 Å². The van der Waals surface area contributed by atoms with E-state index in [4.69, 9.17) is 11.6 Å². The van der Waals surface area contributed by atoms with Crippen LogP contribution < -0.4 is 11.6 Å². The van der Waals surface area contributed by atoms with Crippen molar-refractivity contribution in [2.24, 2.45) is 16.7 Å². The lowest BCUT2D eigenvalue weighted by atomic mass is 11.0. The highest BCUT2D eigenvalue weighted by Crippen LogP contribution is 2.30. The summed E-state index contributed by atoms with van der Waals surface area (Å²) in [6.45, 7) is 0. The van der Waals surface area contributed by atoms with Crippen LogP contribution in [0.3, 0.4) is 0 Å². The van der Waals surface area contributed by atoms with Crippen LogP contribution in [0.1, 0.15) is 0 Å². The normalized spacial score (nSPS) is 13.4. The van der Waals surface area contributed by atoms with Crippen LogP contribution in [-0.4, -0.2) is 22.2 Å². The highest BCUT2D eigenvalue weighted by molar-refractivity contribution is 8.14. The third kappa shape index (κ3) is 7.86. The first-order chi connectivity index (χ1) is 5.45. The lowest BCUT2D eigenvalue weighted by molar-refractivity contribution is -0.0326. The largest absolute Gasteiger partial charge is 0.441 e. The molecule has 0 atom stereocenters. The monoisotopic (exact) mass is 219 g/mol. The topological polar surface area (TPSA) is 64.4 Å². The predicted molar refractivity (Wildman–Crippen MR) is 46.8 cm³/mol. The number of hydrogen-bond donors (Lipinski definition) is 2. The molecule has 0 aromatic heterocycles. The van der Waals surface area contributed by atoms with E-state index in [1.165, 1.54) is 0 Å². The lowest BCUT2D eigenvalue weighted by Gasteiger charge is -2.03. The Kier molecular flexibility index (Phi) is 5.31. The number of halogens is 3. The van der Waals surface area contributed by atoms with Crippen molar-refractivity contribution in [2.45, 2.75) is 5.51 Å². The van der Waals surface area contributed by atoms with E-state index < -0.39 is 5.51 Å². The number of thioether (sulfide) groups is 2. The Bertz CT molecular complexity index is 158. The molecule has 0 fully saturated rings. The maximum Gasteiger partial charge on any atom is 0.441 e. The van der Waals surface area contributed by atoms with E-state index in [1.54, 1.807) is 0 Å². The molecule has 0 bridgehead atoms. The summed E-state index contributed by atoms with van der Waals surface area (Å²) in [4.78, 5) is 0. The second kappa shape index (κ2) is 5.41. The van der Waals surface area contributed by atoms with E-state index in [9.17, 15) is 13.2 Å². The van der Waals surface area contributed by atoms with E-state index in [0.717, 1.165) is 11.8 Å². The van der Waals surface area contributed by atoms with Crippen molar-refractivity contribution < 1.29 is 13.2 Å². The van der Waals surface area contributed by atoms with Gasteiger partial charge in [-0.1, -0.05) is 23.5 Å². The molecule has 0 aromatic carbocycles. The maximum atomic E-state index is 11.5. The second-order valence-corrected chi connectivity index (χ2v) is 3.89. The molecule has 8 heteroatoms. The first kappa shape index (κ1) is 11.8. The summed E-state index contributed by atoms with van der Waals surface area (Å²) >= 11 is 0.913. The first-order valence-electron chi connectivity index (χ1n) is 2.82. The van der Waals surface area contributed by atoms with Gasteiger partial charge in [-0.25, -0.2) is 0 Å². The van der Waals surface area contributed by atoms with Crippen LogP contribution in [0.5, 0.6) is 0 Å². The summed E-state index contributed by atoms with van der Waals surface area (Å²) in [5, 5.41) is 3.18. The summed E-state index contributed by atoms with van der Waals surface area (Å²) in [5.74, 6) is 4.95. The molecule has 0 unspecified atom stereocenters. The number of hydrazone groups is 1. The Labute approximate surface area is 76.1 Å². The minimum Gasteiger partial charge on any atom is -0.377 e. The van der Waals surface area contributed by atoms with Gasteiger partial charge in [-0.3, -0.25) is 0 Å². The summed E-state index contributed by atoms with van der Waals surface area (Å²) < 4.78 is 34.6. The van der Waals surface area contributed by atoms with Crippen molar-refractivity contribution in [3.63, 3.8) is 0 Å². The van der Waals surface area contributed by atoms with E-state index >= 15 is 0 Å². The van der Waals surface area contributed by atoms with Crippen LogP contribution in [0.25, 0.3) is 0 Å². The van der Waals surface area contributed by atoms with Gasteiger partial charge in [-0.05, 0) is 0 Å². The summed E-state index contributed by atoms with van der Waals surface area (Å²) in [5.41, 5.74) is 0.949. The Balaban J connectivity index is 3.34. The number of nitrogens with zero attached hydrogens (tertiary/aromatic N) is 1. The molecule has 12 heavy (non-hydrogen) atoms. The average molecular weight is 219 g/mol. The smallest absolute Gasteiger partial charge is 0.377 e. The standard InChI is InChI=1S/C4H8F3N3S2/c5-4(6,7)12-2-1-11-3(8)10-9/h1-2,9H2,(H2,8,10). The average Bonchev–Trinajstić information content (AvgIpc) is 1.96. The Morgan fingerprint density at radius 2 is 1.92 bits per heavy atom. The molecule has 0 aliphatic rings. The quantitative estimate of drug-likeness (QED) is 0.246. The van der Waals surface area contributed by atoms with Crippen LogP contribution in [0.4, 0.5) is 13.2 Å². The molecule has 0 aliphatic carbocycles. The maximum absolute atomic E-state index is 11.5. The van der Waals surface area contributed by atoms with Gasteiger partial charge in [0.2, 0.25) is 0 Å². The van der Waals surface area contributed by atoms with Gasteiger partial charge in [0.15, 0.2) is 5.17 Å². The Hall–Kier alpha value is -0.240. The second-order valence-electron chi connectivity index (χ2n) is 1.61. The molecule has 0 radical (unpaired) electrons. The van der Waals surface area contributed by atoms with Crippen LogP contribution in [0.2, 0.25) is 0 Å². The Morgan fingerprint density at radius 1 is 1.33 bits per heavy atom. The molecule has 4 N–H and O–H groups in total. The number of nitrogens with two attached hydrogens (primary N) is 2. The minimum absolute atomic E-state index is 0.0512. The summed E-state index contributed by atoms with van der Waals surface area (Å²) in [7, 11) is 0. The third-order valence-corrected chi connectivity index (χ3v) is 2.53. The van der Waals surface area contributed by atoms with Crippen LogP contribution >= 0.6 is 23.5 Å². The molecule has 72 valence electrons. The van der Waals surface area contributed by atoms with Crippen LogP contribution in [0.15, 0.2) is 5.10 Å². The SMILES string of the molecule is NN=C(N)SCCSC(F)(F)F. The third-order valence-electron chi connectivity index (χ3n) is 0.726. The van der Waals surface area contributed by atoms with Gasteiger partial charge in [0.25, 0.3) is 0 Å². The molecule has 0 spiro atoms. The fraction of sp³-hybridized carbons (Fsp3) is 0.750. The minimum atomic E-state index is -4.17. The van der Waals surface area contributed by atoms with Gasteiger partial charge < -0.3 is 11.6 Å². The molecule has 0 amide bonds. The van der Waals surface area contributed by atoms with Crippen molar-refractivity contribution >= 4 is 28.7 Å². The highest BCUT2D eigenvalue weighted by Gasteiger charge is 2.27. The molecule has 0 saturated heterocycles. The zero-order valence-electron chi connectivity index (χ0n) is 5.97. The fourth-order valence-electron chi connectivity index (χ4n) is 0.341. The number of hydrogen-bond acceptors (Lipinski definition) is 4. The van der Waals surface area contributed by atoms with Gasteiger partial charge in [0.1, 0.15) is 0 Å². The van der Waals surface area contributed by atoms with Crippen molar-refractivity contribution in [3.8, 4) is 0 Å². The van der Waals surface area contributed by atoms with Crippen molar-refractivity contribution in [2.75, 3.05) is 11.5 Å². The van der Waals surface area contributed by atoms with Crippen molar-refractivity contribution in [1.82, 2.24) is 0 Å². The molecular formula is C4H8F3N3S2. The highest BCUT2D eigenvalue weighted by atomic mass is 32.2. The zero-order chi connectivity index (χ0) is 9.61. The summed E-state index contributed by atoms with van der Waals surface area (Å²) in [6, 6.07) is 0. The number of amidine groups is 1. The molecule has 0 aliphatic heterocycles. The zero-order valence-corrected chi connectivity index (χ0v) is 7.60. The first-order valence-corrected chi connectivity index (χ1v) is 4.79. The van der Waals surface area contributed by atoms with Crippen molar-refractivity contribution in [1.29, 1.82) is 0 Å². The van der Waals surface area contributed by atoms with Crippen molar-refractivity contribution in [3.05, 3.63) is 0 Å². The van der Waals surface area contributed by atoms with Gasteiger partial charge in [-0.2, -0.15) is 18.3 Å². The van der Waals surface area contributed by atoms with E-state index in [2.05, 4.69) is 5.10 Å². The molecule has 3 nitrogen and oxygen atoms in total. The predicted octanol–water partition coefficient (Wildman–Crippen LogP) is 1.16. The fourth-order valence-corrected chi connectivity index (χ4v) is 1.52. The van der Waals surface area contributed by atoms with E-state index in [-0.39, 0.29) is 28.4 Å². The molecule has 0 saturated carbocycles. The van der Waals surface area contributed by atoms with Gasteiger partial charge in [-0.15, -0.1) is 0 Å². The molecule has 0 rings (SSSR count). The van der Waals surface area contributed by atoms with Gasteiger partial charge in [0, 0.05) is 11.5 Å². The number of alkyl halides is 3. The summed E-state index contributed by atoms with van der Waals surface area (Å²) in [6.07, 6.45) is 0. The molecule has 0 heterocycles. The molecular weight excluding hydrogens is 211 g/mol.